The van der Waals surface area contributed by atoms with Crippen molar-refractivity contribution in [3.05, 3.63) is 27.7 Å². The van der Waals surface area contributed by atoms with Crippen LogP contribution in [0.25, 0.3) is 0 Å². The SMILES string of the molecule is Cc1c(C(=O)Cl)cc(Br)cc1S(=O)(=O)Cl. The minimum atomic E-state index is -3.88. The molecule has 1 aromatic carbocycles. The van der Waals surface area contributed by atoms with Gasteiger partial charge in [0.15, 0.2) is 0 Å². The first-order valence-electron chi connectivity index (χ1n) is 3.68. The predicted molar refractivity (Wildman–Crippen MR) is 62.1 cm³/mol. The molecule has 0 saturated heterocycles. The van der Waals surface area contributed by atoms with Crippen LogP contribution in [0.4, 0.5) is 0 Å². The van der Waals surface area contributed by atoms with Crippen molar-refractivity contribution in [3.8, 4) is 0 Å². The van der Waals surface area contributed by atoms with Crippen LogP contribution < -0.4 is 0 Å². The van der Waals surface area contributed by atoms with Crippen LogP contribution in [-0.4, -0.2) is 13.7 Å². The van der Waals surface area contributed by atoms with Gasteiger partial charge in [-0.15, -0.1) is 0 Å². The second-order valence-corrected chi connectivity index (χ2v) is 6.58. The number of rotatable bonds is 2. The lowest BCUT2D eigenvalue weighted by molar-refractivity contribution is 0.108. The molecule has 0 radical (unpaired) electrons. The molecule has 7 heteroatoms. The minimum Gasteiger partial charge on any atom is -0.276 e. The molecule has 0 saturated carbocycles. The molecule has 0 aliphatic rings. The molecule has 0 aliphatic heterocycles. The standard InChI is InChI=1S/C8H5BrCl2O3S/c1-4-6(8(10)12)2-5(9)3-7(4)15(11,13)14/h2-3H,1H3. The number of benzene rings is 1. The predicted octanol–water partition coefficient (Wildman–Crippen LogP) is 3.06. The molecular weight excluding hydrogens is 327 g/mol. The van der Waals surface area contributed by atoms with E-state index in [0.29, 0.717) is 4.47 Å². The summed E-state index contributed by atoms with van der Waals surface area (Å²) in [5.41, 5.74) is 0.360. The maximum absolute atomic E-state index is 11.2. The quantitative estimate of drug-likeness (QED) is 0.782. The molecule has 0 N–H and O–H groups in total. The molecule has 0 amide bonds. The number of hydrogen-bond acceptors (Lipinski definition) is 3. The van der Waals surface area contributed by atoms with Gasteiger partial charge in [-0.2, -0.15) is 0 Å². The van der Waals surface area contributed by atoms with Crippen LogP contribution in [0.15, 0.2) is 21.5 Å². The van der Waals surface area contributed by atoms with E-state index < -0.39 is 14.3 Å². The zero-order valence-corrected chi connectivity index (χ0v) is 11.3. The number of carbonyl (C=O) groups is 1. The Morgan fingerprint density at radius 2 is 1.93 bits per heavy atom. The Morgan fingerprint density at radius 1 is 1.40 bits per heavy atom. The smallest absolute Gasteiger partial charge is 0.261 e. The van der Waals surface area contributed by atoms with Gasteiger partial charge < -0.3 is 0 Å². The van der Waals surface area contributed by atoms with Gasteiger partial charge in [-0.1, -0.05) is 15.9 Å². The second-order valence-electron chi connectivity index (χ2n) is 2.79. The van der Waals surface area contributed by atoms with Crippen LogP contribution in [0.2, 0.25) is 0 Å². The molecule has 0 bridgehead atoms. The van der Waals surface area contributed by atoms with Crippen LogP contribution in [0.1, 0.15) is 15.9 Å². The number of hydrogen-bond donors (Lipinski definition) is 0. The lowest BCUT2D eigenvalue weighted by atomic mass is 10.1. The molecule has 3 nitrogen and oxygen atoms in total. The summed E-state index contributed by atoms with van der Waals surface area (Å²) in [6.45, 7) is 1.47. The van der Waals surface area contributed by atoms with Crippen molar-refractivity contribution in [1.29, 1.82) is 0 Å². The molecule has 0 spiro atoms. The Hall–Kier alpha value is -0.100. The third-order valence-electron chi connectivity index (χ3n) is 1.80. The second kappa shape index (κ2) is 4.41. The van der Waals surface area contributed by atoms with Gasteiger partial charge in [0, 0.05) is 20.7 Å². The summed E-state index contributed by atoms with van der Waals surface area (Å²) in [6, 6.07) is 2.76. The highest BCUT2D eigenvalue weighted by atomic mass is 79.9. The van der Waals surface area contributed by atoms with Crippen LogP contribution >= 0.6 is 38.2 Å². The van der Waals surface area contributed by atoms with Gasteiger partial charge in [-0.05, 0) is 36.2 Å². The van der Waals surface area contributed by atoms with Crippen molar-refractivity contribution in [3.63, 3.8) is 0 Å². The van der Waals surface area contributed by atoms with Crippen molar-refractivity contribution in [1.82, 2.24) is 0 Å². The van der Waals surface area contributed by atoms with E-state index in [0.717, 1.165) is 0 Å². The third kappa shape index (κ3) is 2.93. The summed E-state index contributed by atoms with van der Waals surface area (Å²) in [5.74, 6) is 0. The fourth-order valence-corrected chi connectivity index (χ4v) is 3.14. The Labute approximate surface area is 105 Å². The van der Waals surface area contributed by atoms with Crippen molar-refractivity contribution in [2.24, 2.45) is 0 Å². The van der Waals surface area contributed by atoms with E-state index in [1.54, 1.807) is 0 Å². The molecule has 0 heterocycles. The zero-order valence-electron chi connectivity index (χ0n) is 7.42. The van der Waals surface area contributed by atoms with E-state index in [4.69, 9.17) is 22.3 Å². The maximum Gasteiger partial charge on any atom is 0.261 e. The van der Waals surface area contributed by atoms with Gasteiger partial charge in [-0.3, -0.25) is 4.79 Å². The average molecular weight is 332 g/mol. The van der Waals surface area contributed by atoms with Gasteiger partial charge >= 0.3 is 0 Å². The Kier molecular flexibility index (Phi) is 3.81. The van der Waals surface area contributed by atoms with Gasteiger partial charge in [0.25, 0.3) is 14.3 Å². The van der Waals surface area contributed by atoms with Crippen LogP contribution in [0, 0.1) is 6.92 Å². The Balaban J connectivity index is 3.63. The van der Waals surface area contributed by atoms with Crippen molar-refractivity contribution in [2.75, 3.05) is 0 Å². The van der Waals surface area contributed by atoms with Gasteiger partial charge in [0.2, 0.25) is 0 Å². The highest BCUT2D eigenvalue weighted by Crippen LogP contribution is 2.27. The van der Waals surface area contributed by atoms with Gasteiger partial charge in [0.05, 0.1) is 4.90 Å². The molecule has 0 unspecified atom stereocenters. The van der Waals surface area contributed by atoms with Crippen LogP contribution in [0.3, 0.4) is 0 Å². The Morgan fingerprint density at radius 3 is 2.33 bits per heavy atom. The summed E-state index contributed by atoms with van der Waals surface area (Å²) in [4.78, 5) is 10.9. The van der Waals surface area contributed by atoms with Crippen LogP contribution in [-0.2, 0) is 9.05 Å². The summed E-state index contributed by atoms with van der Waals surface area (Å²) >= 11 is 8.38. The first kappa shape index (κ1) is 13.0. The molecule has 15 heavy (non-hydrogen) atoms. The lowest BCUT2D eigenvalue weighted by Crippen LogP contribution is -2.01. The van der Waals surface area contributed by atoms with Crippen LogP contribution in [0.5, 0.6) is 0 Å². The molecule has 1 aromatic rings. The molecule has 82 valence electrons. The van der Waals surface area contributed by atoms with Crippen molar-refractivity contribution in [2.45, 2.75) is 11.8 Å². The molecule has 0 aliphatic carbocycles. The topological polar surface area (TPSA) is 51.2 Å². The summed E-state index contributed by atoms with van der Waals surface area (Å²) < 4.78 is 22.8. The summed E-state index contributed by atoms with van der Waals surface area (Å²) in [6.07, 6.45) is 0. The lowest BCUT2D eigenvalue weighted by Gasteiger charge is -2.06. The monoisotopic (exact) mass is 330 g/mol. The number of halogens is 3. The highest BCUT2D eigenvalue weighted by Gasteiger charge is 2.19. The largest absolute Gasteiger partial charge is 0.276 e. The molecule has 0 fully saturated rings. The van der Waals surface area contributed by atoms with E-state index in [1.807, 2.05) is 0 Å². The van der Waals surface area contributed by atoms with E-state index in [1.165, 1.54) is 19.1 Å². The maximum atomic E-state index is 11.2. The fraction of sp³-hybridized carbons (Fsp3) is 0.125. The first-order chi connectivity index (χ1) is 6.73. The zero-order chi connectivity index (χ0) is 11.8. The minimum absolute atomic E-state index is 0.116. The fourth-order valence-electron chi connectivity index (χ4n) is 1.11. The molecule has 0 atom stereocenters. The normalized spacial score (nSPS) is 11.5. The third-order valence-corrected chi connectivity index (χ3v) is 3.91. The average Bonchev–Trinajstić information content (AvgIpc) is 2.06. The van der Waals surface area contributed by atoms with Crippen molar-refractivity contribution >= 4 is 52.5 Å². The highest BCUT2D eigenvalue weighted by molar-refractivity contribution is 9.10. The molecular formula is C8H5BrCl2O3S. The van der Waals surface area contributed by atoms with E-state index in [-0.39, 0.29) is 16.0 Å². The van der Waals surface area contributed by atoms with Crippen molar-refractivity contribution < 1.29 is 13.2 Å². The van der Waals surface area contributed by atoms with Gasteiger partial charge in [-0.25, -0.2) is 8.42 Å². The van der Waals surface area contributed by atoms with Gasteiger partial charge in [0.1, 0.15) is 0 Å². The summed E-state index contributed by atoms with van der Waals surface area (Å²) in [7, 11) is 1.33. The van der Waals surface area contributed by atoms with E-state index >= 15 is 0 Å². The number of carbonyl (C=O) groups excluding carboxylic acids is 1. The Bertz CT molecular complexity index is 525. The molecule has 1 rings (SSSR count). The first-order valence-corrected chi connectivity index (χ1v) is 7.16. The van der Waals surface area contributed by atoms with E-state index in [9.17, 15) is 13.2 Å². The molecule has 0 aromatic heterocycles. The van der Waals surface area contributed by atoms with E-state index in [2.05, 4.69) is 15.9 Å². The summed E-state index contributed by atoms with van der Waals surface area (Å²) in [5, 5.41) is -0.727.